The first-order valence-corrected chi connectivity index (χ1v) is 6.76. The first-order valence-electron chi connectivity index (χ1n) is 6.76. The quantitative estimate of drug-likeness (QED) is 0.778. The van der Waals surface area contributed by atoms with Gasteiger partial charge in [-0.15, -0.1) is 0 Å². The number of amides is 1. The molecule has 2 saturated heterocycles. The molecule has 2 N–H and O–H groups in total. The first-order chi connectivity index (χ1) is 8.52. The predicted molar refractivity (Wildman–Crippen MR) is 67.1 cm³/mol. The highest BCUT2D eigenvalue weighted by Crippen LogP contribution is 2.35. The largest absolute Gasteiger partial charge is 0.480 e. The van der Waals surface area contributed by atoms with E-state index in [2.05, 4.69) is 5.32 Å². The van der Waals surface area contributed by atoms with E-state index in [1.54, 1.807) is 4.90 Å². The van der Waals surface area contributed by atoms with E-state index in [-0.39, 0.29) is 17.2 Å². The molecule has 18 heavy (non-hydrogen) atoms. The van der Waals surface area contributed by atoms with Gasteiger partial charge in [-0.25, -0.2) is 4.79 Å². The van der Waals surface area contributed by atoms with Crippen LogP contribution in [0.5, 0.6) is 0 Å². The fourth-order valence-electron chi connectivity index (χ4n) is 3.24. The molecule has 2 aliphatic rings. The summed E-state index contributed by atoms with van der Waals surface area (Å²) < 4.78 is 0. The van der Waals surface area contributed by atoms with E-state index in [1.165, 1.54) is 0 Å². The third kappa shape index (κ3) is 2.00. The first kappa shape index (κ1) is 13.3. The van der Waals surface area contributed by atoms with E-state index in [0.717, 1.165) is 25.8 Å². The number of likely N-dealkylation sites (tertiary alicyclic amines) is 1. The number of carbonyl (C=O) groups is 2. The molecular formula is C13H22N2O3. The lowest BCUT2D eigenvalue weighted by atomic mass is 9.82. The van der Waals surface area contributed by atoms with Crippen molar-refractivity contribution in [2.45, 2.75) is 39.2 Å². The fourth-order valence-corrected chi connectivity index (χ4v) is 3.24. The number of carboxylic acid groups (broad SMARTS) is 1. The zero-order valence-corrected chi connectivity index (χ0v) is 11.1. The Morgan fingerprint density at radius 1 is 1.50 bits per heavy atom. The van der Waals surface area contributed by atoms with Crippen LogP contribution in [0.1, 0.15) is 33.1 Å². The smallest absolute Gasteiger partial charge is 0.326 e. The van der Waals surface area contributed by atoms with Crippen LogP contribution in [0.4, 0.5) is 0 Å². The van der Waals surface area contributed by atoms with Gasteiger partial charge in [0.15, 0.2) is 0 Å². The minimum absolute atomic E-state index is 0.0340. The fraction of sp³-hybridized carbons (Fsp3) is 0.846. The molecule has 0 spiro atoms. The number of rotatable bonds is 3. The molecule has 0 aromatic heterocycles. The van der Waals surface area contributed by atoms with Crippen LogP contribution in [0.3, 0.4) is 0 Å². The summed E-state index contributed by atoms with van der Waals surface area (Å²) in [4.78, 5) is 25.6. The van der Waals surface area contributed by atoms with Gasteiger partial charge in [0.05, 0.1) is 5.41 Å². The lowest BCUT2D eigenvalue weighted by molar-refractivity contribution is -0.153. The van der Waals surface area contributed by atoms with Crippen molar-refractivity contribution in [3.8, 4) is 0 Å². The molecule has 2 aliphatic heterocycles. The predicted octanol–water partition coefficient (Wildman–Crippen LogP) is 0.698. The number of carboxylic acids is 1. The van der Waals surface area contributed by atoms with Crippen molar-refractivity contribution in [2.75, 3.05) is 19.6 Å². The molecule has 2 fully saturated rings. The molecule has 102 valence electrons. The SMILES string of the molecule is CCC1(C(=O)N2CCC(C)C2C(=O)O)CCNC1. The Kier molecular flexibility index (Phi) is 3.61. The molecule has 2 rings (SSSR count). The Morgan fingerprint density at radius 3 is 2.72 bits per heavy atom. The van der Waals surface area contributed by atoms with Crippen molar-refractivity contribution in [1.82, 2.24) is 10.2 Å². The van der Waals surface area contributed by atoms with E-state index < -0.39 is 12.0 Å². The maximum atomic E-state index is 12.7. The third-order valence-electron chi connectivity index (χ3n) is 4.59. The maximum Gasteiger partial charge on any atom is 0.326 e. The number of hydrogen-bond acceptors (Lipinski definition) is 3. The molecule has 0 aromatic carbocycles. The van der Waals surface area contributed by atoms with Gasteiger partial charge in [0.2, 0.25) is 5.91 Å². The minimum Gasteiger partial charge on any atom is -0.480 e. The van der Waals surface area contributed by atoms with Crippen LogP contribution in [0.25, 0.3) is 0 Å². The molecule has 0 saturated carbocycles. The van der Waals surface area contributed by atoms with Gasteiger partial charge in [-0.05, 0) is 31.7 Å². The maximum absolute atomic E-state index is 12.7. The Hall–Kier alpha value is -1.10. The normalized spacial score (nSPS) is 36.0. The Bertz CT molecular complexity index is 350. The monoisotopic (exact) mass is 254 g/mol. The van der Waals surface area contributed by atoms with Crippen LogP contribution < -0.4 is 5.32 Å². The summed E-state index contributed by atoms with van der Waals surface area (Å²) in [6, 6.07) is -0.637. The van der Waals surface area contributed by atoms with E-state index in [9.17, 15) is 14.7 Å². The van der Waals surface area contributed by atoms with Gasteiger partial charge in [-0.1, -0.05) is 13.8 Å². The average Bonchev–Trinajstić information content (AvgIpc) is 2.94. The second kappa shape index (κ2) is 4.88. The van der Waals surface area contributed by atoms with Crippen LogP contribution in [-0.4, -0.2) is 47.6 Å². The zero-order chi connectivity index (χ0) is 13.3. The number of hydrogen-bond donors (Lipinski definition) is 2. The summed E-state index contributed by atoms with van der Waals surface area (Å²) in [5.41, 5.74) is -0.377. The second-order valence-corrected chi connectivity index (χ2v) is 5.61. The van der Waals surface area contributed by atoms with Gasteiger partial charge in [0, 0.05) is 13.1 Å². The van der Waals surface area contributed by atoms with Crippen molar-refractivity contribution in [1.29, 1.82) is 0 Å². The molecule has 5 heteroatoms. The Labute approximate surface area is 108 Å². The molecule has 0 aromatic rings. The third-order valence-corrected chi connectivity index (χ3v) is 4.59. The van der Waals surface area contributed by atoms with E-state index in [1.807, 2.05) is 13.8 Å². The van der Waals surface area contributed by atoms with E-state index >= 15 is 0 Å². The Balaban J connectivity index is 2.20. The van der Waals surface area contributed by atoms with Crippen molar-refractivity contribution < 1.29 is 14.7 Å². The zero-order valence-electron chi connectivity index (χ0n) is 11.1. The second-order valence-electron chi connectivity index (χ2n) is 5.61. The average molecular weight is 254 g/mol. The molecule has 3 atom stereocenters. The molecule has 0 bridgehead atoms. The Morgan fingerprint density at radius 2 is 2.22 bits per heavy atom. The number of nitrogens with zero attached hydrogens (tertiary/aromatic N) is 1. The molecule has 3 unspecified atom stereocenters. The molecule has 0 radical (unpaired) electrons. The highest BCUT2D eigenvalue weighted by atomic mass is 16.4. The highest BCUT2D eigenvalue weighted by Gasteiger charge is 2.48. The van der Waals surface area contributed by atoms with Crippen molar-refractivity contribution >= 4 is 11.9 Å². The van der Waals surface area contributed by atoms with Crippen LogP contribution in [0.15, 0.2) is 0 Å². The van der Waals surface area contributed by atoms with Gasteiger partial charge in [-0.2, -0.15) is 0 Å². The van der Waals surface area contributed by atoms with E-state index in [4.69, 9.17) is 0 Å². The van der Waals surface area contributed by atoms with Crippen molar-refractivity contribution in [3.05, 3.63) is 0 Å². The van der Waals surface area contributed by atoms with Crippen LogP contribution in [0.2, 0.25) is 0 Å². The summed E-state index contributed by atoms with van der Waals surface area (Å²) in [6.45, 7) is 6.04. The molecule has 0 aliphatic carbocycles. The van der Waals surface area contributed by atoms with Gasteiger partial charge < -0.3 is 15.3 Å². The standard InChI is InChI=1S/C13H22N2O3/c1-3-13(5-6-14-8-13)12(18)15-7-4-9(2)10(15)11(16)17/h9-10,14H,3-8H2,1-2H3,(H,16,17). The lowest BCUT2D eigenvalue weighted by Gasteiger charge is -2.33. The number of carbonyl (C=O) groups excluding carboxylic acids is 1. The van der Waals surface area contributed by atoms with Gasteiger partial charge >= 0.3 is 5.97 Å². The molecule has 1 amide bonds. The number of nitrogens with one attached hydrogen (secondary N) is 1. The van der Waals surface area contributed by atoms with Gasteiger partial charge in [0.1, 0.15) is 6.04 Å². The summed E-state index contributed by atoms with van der Waals surface area (Å²) in [5, 5.41) is 12.5. The minimum atomic E-state index is -0.870. The van der Waals surface area contributed by atoms with Gasteiger partial charge in [-0.3, -0.25) is 4.79 Å². The topological polar surface area (TPSA) is 69.6 Å². The highest BCUT2D eigenvalue weighted by molar-refractivity contribution is 5.88. The van der Waals surface area contributed by atoms with Crippen molar-refractivity contribution in [2.24, 2.45) is 11.3 Å². The summed E-state index contributed by atoms with van der Waals surface area (Å²) >= 11 is 0. The lowest BCUT2D eigenvalue weighted by Crippen LogP contribution is -2.50. The summed E-state index contributed by atoms with van der Waals surface area (Å²) in [5.74, 6) is -0.785. The molecular weight excluding hydrogens is 232 g/mol. The van der Waals surface area contributed by atoms with Crippen LogP contribution in [-0.2, 0) is 9.59 Å². The summed E-state index contributed by atoms with van der Waals surface area (Å²) in [6.07, 6.45) is 2.38. The van der Waals surface area contributed by atoms with Crippen LogP contribution >= 0.6 is 0 Å². The molecule has 5 nitrogen and oxygen atoms in total. The molecule has 2 heterocycles. The van der Waals surface area contributed by atoms with Crippen LogP contribution in [0, 0.1) is 11.3 Å². The van der Waals surface area contributed by atoms with E-state index in [0.29, 0.717) is 13.1 Å². The summed E-state index contributed by atoms with van der Waals surface area (Å²) in [7, 11) is 0. The van der Waals surface area contributed by atoms with Gasteiger partial charge in [0.25, 0.3) is 0 Å². The number of aliphatic carboxylic acids is 1. The van der Waals surface area contributed by atoms with Crippen molar-refractivity contribution in [3.63, 3.8) is 0 Å².